The highest BCUT2D eigenvalue weighted by molar-refractivity contribution is 5.45. The molecule has 0 atom stereocenters. The van der Waals surface area contributed by atoms with Crippen molar-refractivity contribution in [2.24, 2.45) is 0 Å². The summed E-state index contributed by atoms with van der Waals surface area (Å²) in [5, 5.41) is 3.30. The predicted octanol–water partition coefficient (Wildman–Crippen LogP) is 2.15. The van der Waals surface area contributed by atoms with E-state index in [1.165, 1.54) is 5.57 Å². The van der Waals surface area contributed by atoms with Crippen molar-refractivity contribution in [3.05, 3.63) is 35.7 Å². The number of allylic oxidation sites excluding steroid dienone is 1. The third kappa shape index (κ3) is 4.45. The zero-order valence-electron chi connectivity index (χ0n) is 10.2. The fraction of sp³-hybridized carbons (Fsp3) is 0.462. The molecule has 1 aromatic rings. The summed E-state index contributed by atoms with van der Waals surface area (Å²) < 4.78 is 0. The molecule has 0 spiro atoms. The highest BCUT2D eigenvalue weighted by Gasteiger charge is 1.99. The van der Waals surface area contributed by atoms with E-state index in [0.29, 0.717) is 0 Å². The summed E-state index contributed by atoms with van der Waals surface area (Å²) >= 11 is 0. The van der Waals surface area contributed by atoms with Crippen LogP contribution in [0.3, 0.4) is 0 Å². The van der Waals surface area contributed by atoms with Crippen molar-refractivity contribution >= 4 is 5.69 Å². The lowest BCUT2D eigenvalue weighted by Gasteiger charge is -2.05. The minimum absolute atomic E-state index is 0.828. The maximum atomic E-state index is 5.87. The quantitative estimate of drug-likeness (QED) is 0.569. The van der Waals surface area contributed by atoms with E-state index in [1.807, 2.05) is 12.3 Å². The van der Waals surface area contributed by atoms with Crippen LogP contribution in [0, 0.1) is 0 Å². The second kappa shape index (κ2) is 7.01. The molecule has 3 heteroatoms. The first-order valence-corrected chi connectivity index (χ1v) is 5.78. The molecule has 0 bridgehead atoms. The van der Waals surface area contributed by atoms with Gasteiger partial charge in [0, 0.05) is 18.1 Å². The van der Waals surface area contributed by atoms with Crippen LogP contribution in [0.1, 0.15) is 25.8 Å². The van der Waals surface area contributed by atoms with Gasteiger partial charge in [0.15, 0.2) is 0 Å². The van der Waals surface area contributed by atoms with Crippen molar-refractivity contribution in [2.75, 3.05) is 18.8 Å². The van der Waals surface area contributed by atoms with Gasteiger partial charge in [-0.25, -0.2) is 0 Å². The van der Waals surface area contributed by atoms with Crippen molar-refractivity contribution in [3.63, 3.8) is 0 Å². The van der Waals surface area contributed by atoms with E-state index in [4.69, 9.17) is 5.73 Å². The smallest absolute Gasteiger partial charge is 0.0380 e. The summed E-state index contributed by atoms with van der Waals surface area (Å²) in [4.78, 5) is 4.09. The van der Waals surface area contributed by atoms with E-state index in [1.54, 1.807) is 6.20 Å². The van der Waals surface area contributed by atoms with Crippen molar-refractivity contribution in [1.82, 2.24) is 10.3 Å². The average molecular weight is 219 g/mol. The van der Waals surface area contributed by atoms with Gasteiger partial charge in [0.25, 0.3) is 0 Å². The van der Waals surface area contributed by atoms with Crippen LogP contribution in [-0.2, 0) is 6.42 Å². The first kappa shape index (κ1) is 12.7. The number of nitrogens with two attached hydrogens (primary N) is 1. The van der Waals surface area contributed by atoms with Crippen LogP contribution >= 0.6 is 0 Å². The molecule has 0 fully saturated rings. The number of nitrogens with one attached hydrogen (secondary N) is 1. The molecule has 88 valence electrons. The molecule has 0 aliphatic carbocycles. The largest absolute Gasteiger partial charge is 0.398 e. The van der Waals surface area contributed by atoms with Gasteiger partial charge < -0.3 is 11.1 Å². The van der Waals surface area contributed by atoms with Gasteiger partial charge in [0.05, 0.1) is 0 Å². The van der Waals surface area contributed by atoms with Gasteiger partial charge in [-0.2, -0.15) is 0 Å². The zero-order valence-corrected chi connectivity index (χ0v) is 10.2. The molecule has 3 N–H and O–H groups in total. The summed E-state index contributed by atoms with van der Waals surface area (Å²) in [7, 11) is 0. The third-order valence-corrected chi connectivity index (χ3v) is 2.47. The van der Waals surface area contributed by atoms with Crippen LogP contribution in [0.15, 0.2) is 30.1 Å². The number of hydrogen-bond donors (Lipinski definition) is 2. The van der Waals surface area contributed by atoms with Gasteiger partial charge in [0.1, 0.15) is 0 Å². The van der Waals surface area contributed by atoms with Gasteiger partial charge in [-0.15, -0.1) is 0 Å². The number of rotatable bonds is 6. The molecule has 0 aromatic carbocycles. The van der Waals surface area contributed by atoms with Gasteiger partial charge >= 0.3 is 0 Å². The first-order chi connectivity index (χ1) is 7.74. The Bertz CT molecular complexity index is 345. The average Bonchev–Trinajstić information content (AvgIpc) is 2.28. The Hall–Kier alpha value is -1.35. The van der Waals surface area contributed by atoms with E-state index in [9.17, 15) is 0 Å². The summed E-state index contributed by atoms with van der Waals surface area (Å²) in [6, 6.07) is 1.85. The predicted molar refractivity (Wildman–Crippen MR) is 69.3 cm³/mol. The summed E-state index contributed by atoms with van der Waals surface area (Å²) in [5.41, 5.74) is 9.15. The molecular formula is C13H21N3. The normalized spacial score (nSPS) is 11.8. The molecular weight excluding hydrogens is 198 g/mol. The number of nitrogens with zero attached hydrogens (tertiary/aromatic N) is 1. The standard InChI is InChI=1S/C13H21N3/c1-3-15-7-4-5-11(2)9-12-10-16-8-6-13(12)14/h5-6,8,10,15H,3-4,7,9H2,1-2H3,(H2,14,16). The molecule has 0 aliphatic heterocycles. The molecule has 3 nitrogen and oxygen atoms in total. The molecule has 0 unspecified atom stereocenters. The Morgan fingerprint density at radius 2 is 2.38 bits per heavy atom. The van der Waals surface area contributed by atoms with Crippen molar-refractivity contribution in [2.45, 2.75) is 26.7 Å². The minimum atomic E-state index is 0.828. The highest BCUT2D eigenvalue weighted by Crippen LogP contribution is 2.13. The highest BCUT2D eigenvalue weighted by atomic mass is 14.8. The van der Waals surface area contributed by atoms with E-state index >= 15 is 0 Å². The Morgan fingerprint density at radius 1 is 1.56 bits per heavy atom. The van der Waals surface area contributed by atoms with Gasteiger partial charge in [0.2, 0.25) is 0 Å². The topological polar surface area (TPSA) is 50.9 Å². The van der Waals surface area contributed by atoms with Crippen molar-refractivity contribution < 1.29 is 0 Å². The zero-order chi connectivity index (χ0) is 11.8. The fourth-order valence-corrected chi connectivity index (χ4v) is 1.56. The van der Waals surface area contributed by atoms with Gasteiger partial charge in [-0.1, -0.05) is 18.6 Å². The van der Waals surface area contributed by atoms with E-state index < -0.39 is 0 Å². The fourth-order valence-electron chi connectivity index (χ4n) is 1.56. The molecule has 1 rings (SSSR count). The summed E-state index contributed by atoms with van der Waals surface area (Å²) in [6.45, 7) is 6.32. The third-order valence-electron chi connectivity index (χ3n) is 2.47. The number of hydrogen-bond acceptors (Lipinski definition) is 3. The number of aromatic nitrogens is 1. The van der Waals surface area contributed by atoms with E-state index in [2.05, 4.69) is 30.2 Å². The van der Waals surface area contributed by atoms with Crippen molar-refractivity contribution in [1.29, 1.82) is 0 Å². The second-order valence-electron chi connectivity index (χ2n) is 3.94. The lowest BCUT2D eigenvalue weighted by atomic mass is 10.1. The Kier molecular flexibility index (Phi) is 5.57. The SMILES string of the molecule is CCNCCC=C(C)Cc1cnccc1N. The van der Waals surface area contributed by atoms with Crippen molar-refractivity contribution in [3.8, 4) is 0 Å². The Balaban J connectivity index is 2.44. The first-order valence-electron chi connectivity index (χ1n) is 5.78. The Labute approximate surface area is 97.8 Å². The van der Waals surface area contributed by atoms with Crippen LogP contribution in [0.25, 0.3) is 0 Å². The number of nitrogen functional groups attached to an aromatic ring is 1. The van der Waals surface area contributed by atoms with Gasteiger partial charge in [-0.05, 0) is 44.5 Å². The Morgan fingerprint density at radius 3 is 3.06 bits per heavy atom. The molecule has 0 amide bonds. The molecule has 16 heavy (non-hydrogen) atoms. The van der Waals surface area contributed by atoms with Crippen LogP contribution in [0.5, 0.6) is 0 Å². The maximum absolute atomic E-state index is 5.87. The van der Waals surface area contributed by atoms with Crippen LogP contribution in [-0.4, -0.2) is 18.1 Å². The minimum Gasteiger partial charge on any atom is -0.398 e. The lowest BCUT2D eigenvalue weighted by Crippen LogP contribution is -2.13. The maximum Gasteiger partial charge on any atom is 0.0380 e. The molecule has 0 radical (unpaired) electrons. The monoisotopic (exact) mass is 219 g/mol. The molecule has 1 aromatic heterocycles. The van der Waals surface area contributed by atoms with Gasteiger partial charge in [-0.3, -0.25) is 4.98 Å². The van der Waals surface area contributed by atoms with Crippen LogP contribution in [0.2, 0.25) is 0 Å². The molecule has 0 saturated carbocycles. The molecule has 1 heterocycles. The van der Waals surface area contributed by atoms with Crippen LogP contribution in [0.4, 0.5) is 5.69 Å². The van der Waals surface area contributed by atoms with Crippen LogP contribution < -0.4 is 11.1 Å². The summed E-state index contributed by atoms with van der Waals surface area (Å²) in [5.74, 6) is 0. The van der Waals surface area contributed by atoms with E-state index in [-0.39, 0.29) is 0 Å². The number of pyridine rings is 1. The summed E-state index contributed by atoms with van der Waals surface area (Å²) in [6.07, 6.45) is 7.79. The lowest BCUT2D eigenvalue weighted by molar-refractivity contribution is 0.724. The molecule has 0 saturated heterocycles. The number of anilines is 1. The molecule has 0 aliphatic rings. The van der Waals surface area contributed by atoms with E-state index in [0.717, 1.165) is 37.2 Å². The second-order valence-corrected chi connectivity index (χ2v) is 3.94.